The third kappa shape index (κ3) is 5.86. The lowest BCUT2D eigenvalue weighted by molar-refractivity contribution is -0.123. The maximum absolute atomic E-state index is 12.6. The number of thiophene rings is 1. The van der Waals surface area contributed by atoms with E-state index in [1.54, 1.807) is 41.8 Å². The monoisotopic (exact) mass is 458 g/mol. The number of sulfonamides is 1. The van der Waals surface area contributed by atoms with Gasteiger partial charge in [0.15, 0.2) is 6.61 Å². The van der Waals surface area contributed by atoms with Crippen LogP contribution in [-0.2, 0) is 14.8 Å². The molecule has 2 aromatic carbocycles. The summed E-state index contributed by atoms with van der Waals surface area (Å²) in [4.78, 5) is 12.4. The summed E-state index contributed by atoms with van der Waals surface area (Å²) < 4.78 is 32.3. The van der Waals surface area contributed by atoms with Gasteiger partial charge in [-0.15, -0.1) is 11.3 Å². The Hall–Kier alpha value is -2.84. The molecule has 0 aliphatic carbocycles. The molecule has 1 heterocycles. The SMILES string of the molecule is CCCC(NC(=O)COc1ccc(N(C)S(=O)(=O)c2cccs2)cc1)c1ccccc1. The molecule has 3 rings (SSSR count). The first kappa shape index (κ1) is 22.8. The number of hydrogen-bond acceptors (Lipinski definition) is 5. The largest absolute Gasteiger partial charge is 0.484 e. The molecule has 8 heteroatoms. The highest BCUT2D eigenvalue weighted by Crippen LogP contribution is 2.26. The van der Waals surface area contributed by atoms with E-state index < -0.39 is 10.0 Å². The topological polar surface area (TPSA) is 75.7 Å². The van der Waals surface area contributed by atoms with Gasteiger partial charge in [-0.05, 0) is 47.7 Å². The van der Waals surface area contributed by atoms with E-state index in [4.69, 9.17) is 4.74 Å². The van der Waals surface area contributed by atoms with Gasteiger partial charge in [-0.2, -0.15) is 0 Å². The maximum atomic E-state index is 12.6. The molecule has 1 amide bonds. The molecule has 0 aliphatic heterocycles. The fourth-order valence-electron chi connectivity index (χ4n) is 3.12. The lowest BCUT2D eigenvalue weighted by atomic mass is 10.0. The lowest BCUT2D eigenvalue weighted by Gasteiger charge is -2.19. The number of benzene rings is 2. The number of hydrogen-bond donors (Lipinski definition) is 1. The molecule has 0 fully saturated rings. The Bertz CT molecular complexity index is 1070. The number of nitrogens with one attached hydrogen (secondary N) is 1. The molecule has 164 valence electrons. The molecule has 31 heavy (non-hydrogen) atoms. The molecule has 1 unspecified atom stereocenters. The van der Waals surface area contributed by atoms with Gasteiger partial charge in [0, 0.05) is 7.05 Å². The Morgan fingerprint density at radius 3 is 2.39 bits per heavy atom. The molecule has 0 aliphatic rings. The molecular formula is C23H26N2O4S2. The van der Waals surface area contributed by atoms with Crippen LogP contribution in [0.25, 0.3) is 0 Å². The van der Waals surface area contributed by atoms with Gasteiger partial charge in [-0.1, -0.05) is 49.7 Å². The first-order valence-electron chi connectivity index (χ1n) is 10.0. The number of carbonyl (C=O) groups excluding carboxylic acids is 1. The second kappa shape index (κ2) is 10.5. The van der Waals surface area contributed by atoms with Crippen LogP contribution < -0.4 is 14.4 Å². The molecule has 1 atom stereocenters. The zero-order chi connectivity index (χ0) is 22.3. The normalized spacial score (nSPS) is 12.2. The minimum atomic E-state index is -3.59. The first-order valence-corrected chi connectivity index (χ1v) is 12.3. The number of nitrogens with zero attached hydrogens (tertiary/aromatic N) is 1. The van der Waals surface area contributed by atoms with Crippen LogP contribution in [0, 0.1) is 0 Å². The summed E-state index contributed by atoms with van der Waals surface area (Å²) in [5, 5.41) is 4.75. The fraction of sp³-hybridized carbons (Fsp3) is 0.261. The van der Waals surface area contributed by atoms with E-state index in [-0.39, 0.29) is 22.8 Å². The molecule has 0 bridgehead atoms. The smallest absolute Gasteiger partial charge is 0.273 e. The van der Waals surface area contributed by atoms with Crippen molar-refractivity contribution in [1.29, 1.82) is 0 Å². The van der Waals surface area contributed by atoms with Crippen LogP contribution in [0.1, 0.15) is 31.4 Å². The number of rotatable bonds is 10. The van der Waals surface area contributed by atoms with Gasteiger partial charge >= 0.3 is 0 Å². The third-order valence-electron chi connectivity index (χ3n) is 4.79. The van der Waals surface area contributed by atoms with Gasteiger partial charge in [0.1, 0.15) is 9.96 Å². The van der Waals surface area contributed by atoms with Crippen molar-refractivity contribution in [2.24, 2.45) is 0 Å². The summed E-state index contributed by atoms with van der Waals surface area (Å²) in [5.74, 6) is 0.288. The molecule has 6 nitrogen and oxygen atoms in total. The number of carbonyl (C=O) groups is 1. The van der Waals surface area contributed by atoms with Crippen molar-refractivity contribution in [3.8, 4) is 5.75 Å². The van der Waals surface area contributed by atoms with Crippen LogP contribution in [0.4, 0.5) is 5.69 Å². The van der Waals surface area contributed by atoms with E-state index in [9.17, 15) is 13.2 Å². The summed E-state index contributed by atoms with van der Waals surface area (Å²) in [6.45, 7) is 1.96. The van der Waals surface area contributed by atoms with Crippen molar-refractivity contribution < 1.29 is 17.9 Å². The summed E-state index contributed by atoms with van der Waals surface area (Å²) in [6.07, 6.45) is 1.79. The Kier molecular flexibility index (Phi) is 7.70. The van der Waals surface area contributed by atoms with Crippen molar-refractivity contribution in [2.45, 2.75) is 30.0 Å². The third-order valence-corrected chi connectivity index (χ3v) is 7.95. The van der Waals surface area contributed by atoms with Crippen LogP contribution in [-0.4, -0.2) is 28.0 Å². The van der Waals surface area contributed by atoms with Crippen molar-refractivity contribution in [1.82, 2.24) is 5.32 Å². The minimum Gasteiger partial charge on any atom is -0.484 e. The average molecular weight is 459 g/mol. The van der Waals surface area contributed by atoms with E-state index in [0.717, 1.165) is 18.4 Å². The van der Waals surface area contributed by atoms with Crippen molar-refractivity contribution in [2.75, 3.05) is 18.0 Å². The zero-order valence-corrected chi connectivity index (χ0v) is 19.2. The highest BCUT2D eigenvalue weighted by molar-refractivity contribution is 7.94. The highest BCUT2D eigenvalue weighted by Gasteiger charge is 2.22. The van der Waals surface area contributed by atoms with Crippen molar-refractivity contribution in [3.05, 3.63) is 77.7 Å². The van der Waals surface area contributed by atoms with Gasteiger partial charge < -0.3 is 10.1 Å². The summed E-state index contributed by atoms with van der Waals surface area (Å²) in [5.41, 5.74) is 1.58. The van der Waals surface area contributed by atoms with E-state index in [2.05, 4.69) is 12.2 Å². The molecule has 0 spiro atoms. The van der Waals surface area contributed by atoms with Crippen LogP contribution in [0.2, 0.25) is 0 Å². The minimum absolute atomic E-state index is 0.0548. The Morgan fingerprint density at radius 2 is 1.77 bits per heavy atom. The number of amides is 1. The van der Waals surface area contributed by atoms with Crippen LogP contribution in [0.3, 0.4) is 0 Å². The Labute approximate surface area is 187 Å². The predicted molar refractivity (Wildman–Crippen MR) is 124 cm³/mol. The molecule has 0 radical (unpaired) electrons. The van der Waals surface area contributed by atoms with Crippen LogP contribution >= 0.6 is 11.3 Å². The number of anilines is 1. The predicted octanol–water partition coefficient (Wildman–Crippen LogP) is 4.61. The second-order valence-corrected chi connectivity index (χ2v) is 10.2. The van der Waals surface area contributed by atoms with Crippen molar-refractivity contribution >= 4 is 33.0 Å². The van der Waals surface area contributed by atoms with E-state index in [1.165, 1.54) is 22.7 Å². The highest BCUT2D eigenvalue weighted by atomic mass is 32.2. The Morgan fingerprint density at radius 1 is 1.06 bits per heavy atom. The van der Waals surface area contributed by atoms with Gasteiger partial charge in [0.25, 0.3) is 15.9 Å². The quantitative estimate of drug-likeness (QED) is 0.481. The van der Waals surface area contributed by atoms with Crippen LogP contribution in [0.15, 0.2) is 76.3 Å². The summed E-state index contributed by atoms with van der Waals surface area (Å²) in [6, 6.07) is 19.7. The van der Waals surface area contributed by atoms with E-state index >= 15 is 0 Å². The number of ether oxygens (including phenoxy) is 1. The molecule has 0 saturated carbocycles. The fourth-order valence-corrected chi connectivity index (χ4v) is 5.47. The van der Waals surface area contributed by atoms with Gasteiger partial charge in [0.2, 0.25) is 0 Å². The van der Waals surface area contributed by atoms with E-state index in [0.29, 0.717) is 11.4 Å². The molecule has 3 aromatic rings. The first-order chi connectivity index (χ1) is 14.9. The van der Waals surface area contributed by atoms with Gasteiger partial charge in [-0.25, -0.2) is 8.42 Å². The Balaban J connectivity index is 1.58. The lowest BCUT2D eigenvalue weighted by Crippen LogP contribution is -2.32. The molecule has 0 saturated heterocycles. The standard InChI is InChI=1S/C23H26N2O4S2/c1-3-8-21(18-9-5-4-6-10-18)24-22(26)17-29-20-14-12-19(13-15-20)25(2)31(27,28)23-11-7-16-30-23/h4-7,9-16,21H,3,8,17H2,1-2H3,(H,24,26). The molecule has 1 N–H and O–H groups in total. The molecule has 1 aromatic heterocycles. The zero-order valence-electron chi connectivity index (χ0n) is 17.5. The second-order valence-electron chi connectivity index (χ2n) is 7.01. The summed E-state index contributed by atoms with van der Waals surface area (Å²) >= 11 is 1.18. The van der Waals surface area contributed by atoms with Gasteiger partial charge in [-0.3, -0.25) is 9.10 Å². The van der Waals surface area contributed by atoms with Gasteiger partial charge in [0.05, 0.1) is 11.7 Å². The van der Waals surface area contributed by atoms with Crippen LogP contribution in [0.5, 0.6) is 5.75 Å². The molecular weight excluding hydrogens is 432 g/mol. The maximum Gasteiger partial charge on any atom is 0.273 e. The van der Waals surface area contributed by atoms with E-state index in [1.807, 2.05) is 30.3 Å². The average Bonchev–Trinajstić information content (AvgIpc) is 3.34. The summed E-state index contributed by atoms with van der Waals surface area (Å²) in [7, 11) is -2.08. The van der Waals surface area contributed by atoms with Crippen molar-refractivity contribution in [3.63, 3.8) is 0 Å².